The Morgan fingerprint density at radius 2 is 1.61 bits per heavy atom. The Hall–Kier alpha value is -2.63. The van der Waals surface area contributed by atoms with Crippen LogP contribution in [0.1, 0.15) is 12.0 Å². The molecule has 1 aliphatic heterocycles. The number of hydrogen-bond donors (Lipinski definition) is 1. The third-order valence-corrected chi connectivity index (χ3v) is 8.33. The first-order valence-corrected chi connectivity index (χ1v) is 12.0. The van der Waals surface area contributed by atoms with E-state index in [1.165, 1.54) is 4.90 Å². The molecule has 2 aromatic carbocycles. The Morgan fingerprint density at radius 1 is 0.970 bits per heavy atom. The van der Waals surface area contributed by atoms with Crippen molar-refractivity contribution in [3.05, 3.63) is 76.3 Å². The van der Waals surface area contributed by atoms with Crippen LogP contribution in [0.5, 0.6) is 0 Å². The van der Waals surface area contributed by atoms with Crippen molar-refractivity contribution in [1.82, 2.24) is 4.90 Å². The fourth-order valence-corrected chi connectivity index (χ4v) is 6.57. The predicted octanol–water partition coefficient (Wildman–Crippen LogP) is 4.60. The highest BCUT2D eigenvalue weighted by molar-refractivity contribution is 6.35. The molecule has 5 nitrogen and oxygen atoms in total. The number of hydrogen-bond acceptors (Lipinski definition) is 3. The molecule has 3 amide bonds. The summed E-state index contributed by atoms with van der Waals surface area (Å²) in [6.45, 7) is 0. The number of allylic oxidation sites excluding steroid dienone is 2. The minimum absolute atomic E-state index is 0.106. The van der Waals surface area contributed by atoms with Gasteiger partial charge in [0.25, 0.3) is 0 Å². The summed E-state index contributed by atoms with van der Waals surface area (Å²) >= 11 is 12.3. The summed E-state index contributed by atoms with van der Waals surface area (Å²) in [5.41, 5.74) is 1.22. The quantitative estimate of drug-likeness (QED) is 0.502. The highest BCUT2D eigenvalue weighted by Crippen LogP contribution is 2.65. The molecule has 0 unspecified atom stereocenters. The van der Waals surface area contributed by atoms with Gasteiger partial charge in [-0.15, -0.1) is 0 Å². The molecule has 2 aromatic rings. The van der Waals surface area contributed by atoms with Crippen LogP contribution < -0.4 is 5.32 Å². The maximum absolute atomic E-state index is 13.7. The number of carbonyl (C=O) groups is 3. The molecule has 1 saturated heterocycles. The van der Waals surface area contributed by atoms with E-state index >= 15 is 0 Å². The summed E-state index contributed by atoms with van der Waals surface area (Å²) in [6, 6.07) is 13.3. The summed E-state index contributed by atoms with van der Waals surface area (Å²) < 4.78 is 0. The number of nitrogens with one attached hydrogen (secondary N) is 1. The van der Waals surface area contributed by atoms with Crippen molar-refractivity contribution >= 4 is 46.6 Å². The highest BCUT2D eigenvalue weighted by Gasteiger charge is 2.67. The van der Waals surface area contributed by atoms with Gasteiger partial charge in [-0.05, 0) is 53.9 Å². The summed E-state index contributed by atoms with van der Waals surface area (Å²) in [6.07, 6.45) is 5.59. The van der Waals surface area contributed by atoms with Gasteiger partial charge in [-0.2, -0.15) is 0 Å². The molecule has 7 rings (SSSR count). The van der Waals surface area contributed by atoms with E-state index in [1.54, 1.807) is 18.2 Å². The van der Waals surface area contributed by atoms with Gasteiger partial charge in [0.05, 0.1) is 22.5 Å². The number of amides is 3. The monoisotopic (exact) mass is 480 g/mol. The second kappa shape index (κ2) is 7.71. The lowest BCUT2D eigenvalue weighted by Gasteiger charge is -2.37. The van der Waals surface area contributed by atoms with Gasteiger partial charge in [0.2, 0.25) is 17.7 Å². The van der Waals surface area contributed by atoms with Crippen LogP contribution in [0.3, 0.4) is 0 Å². The number of halogens is 2. The van der Waals surface area contributed by atoms with E-state index in [0.717, 1.165) is 12.0 Å². The minimum Gasteiger partial charge on any atom is -0.323 e. The first-order valence-electron chi connectivity index (χ1n) is 11.3. The number of nitrogens with zero attached hydrogens (tertiary/aromatic N) is 1. The molecule has 2 bridgehead atoms. The summed E-state index contributed by atoms with van der Waals surface area (Å²) in [5, 5.41) is 3.57. The van der Waals surface area contributed by atoms with Crippen LogP contribution in [0.25, 0.3) is 0 Å². The van der Waals surface area contributed by atoms with Gasteiger partial charge in [0.15, 0.2) is 0 Å². The molecule has 3 fully saturated rings. The molecule has 7 heteroatoms. The van der Waals surface area contributed by atoms with E-state index in [0.29, 0.717) is 27.6 Å². The van der Waals surface area contributed by atoms with E-state index in [-0.39, 0.29) is 41.9 Å². The summed E-state index contributed by atoms with van der Waals surface area (Å²) in [4.78, 5) is 42.1. The Bertz CT molecular complexity index is 1160. The molecule has 168 valence electrons. The standard InChI is InChI=1S/C26H22Cl2N2O3/c27-14-6-9-19(28)20(11-14)29-24(31)21(10-13-4-2-1-3-5-13)30-25(32)22-15-7-8-16(18-12-17(15)18)23(22)26(30)33/h1-9,11,15-18,21-23H,10,12H2,(H,29,31)/t15-,16-,17-,18-,21-,22-,23+/m0/s1. The van der Waals surface area contributed by atoms with Crippen LogP contribution in [0.2, 0.25) is 10.0 Å². The minimum atomic E-state index is -0.969. The zero-order valence-electron chi connectivity index (χ0n) is 17.7. The smallest absolute Gasteiger partial charge is 0.248 e. The lowest BCUT2D eigenvalue weighted by atomic mass is 9.63. The zero-order chi connectivity index (χ0) is 22.9. The fourth-order valence-electron chi connectivity index (χ4n) is 6.24. The van der Waals surface area contributed by atoms with E-state index < -0.39 is 11.9 Å². The van der Waals surface area contributed by atoms with E-state index in [2.05, 4.69) is 17.5 Å². The number of anilines is 1. The predicted molar refractivity (Wildman–Crippen MR) is 126 cm³/mol. The number of likely N-dealkylation sites (tertiary alicyclic amines) is 1. The lowest BCUT2D eigenvalue weighted by Crippen LogP contribution is -2.49. The fraction of sp³-hybridized carbons (Fsp3) is 0.346. The van der Waals surface area contributed by atoms with Crippen LogP contribution in [0, 0.1) is 35.5 Å². The molecule has 1 N–H and O–H groups in total. The van der Waals surface area contributed by atoms with Gasteiger partial charge in [-0.1, -0.05) is 65.7 Å². The molecule has 1 heterocycles. The van der Waals surface area contributed by atoms with Gasteiger partial charge < -0.3 is 5.32 Å². The number of benzene rings is 2. The Kier molecular flexibility index (Phi) is 4.89. The van der Waals surface area contributed by atoms with Crippen molar-refractivity contribution in [3.63, 3.8) is 0 Å². The van der Waals surface area contributed by atoms with Crippen LogP contribution in [0.15, 0.2) is 60.7 Å². The normalized spacial score (nSPS) is 31.9. The van der Waals surface area contributed by atoms with Crippen LogP contribution in [0.4, 0.5) is 5.69 Å². The third kappa shape index (κ3) is 3.32. The van der Waals surface area contributed by atoms with Crippen molar-refractivity contribution in [2.24, 2.45) is 35.5 Å². The van der Waals surface area contributed by atoms with Crippen molar-refractivity contribution in [1.29, 1.82) is 0 Å². The maximum atomic E-state index is 13.7. The van der Waals surface area contributed by atoms with E-state index in [9.17, 15) is 14.4 Å². The Balaban J connectivity index is 1.34. The Morgan fingerprint density at radius 3 is 2.24 bits per heavy atom. The molecule has 0 spiro atoms. The van der Waals surface area contributed by atoms with Gasteiger partial charge in [-0.25, -0.2) is 0 Å². The van der Waals surface area contributed by atoms with Crippen molar-refractivity contribution < 1.29 is 14.4 Å². The van der Waals surface area contributed by atoms with Gasteiger partial charge in [-0.3, -0.25) is 19.3 Å². The molecule has 7 atom stereocenters. The van der Waals surface area contributed by atoms with E-state index in [4.69, 9.17) is 23.2 Å². The average molecular weight is 481 g/mol. The van der Waals surface area contributed by atoms with E-state index in [1.807, 2.05) is 30.3 Å². The van der Waals surface area contributed by atoms with Gasteiger partial charge >= 0.3 is 0 Å². The molecular formula is C26H22Cl2N2O3. The summed E-state index contributed by atoms with van der Waals surface area (Å²) in [5.74, 6) is -0.369. The SMILES string of the molecule is O=C(Nc1cc(Cl)ccc1Cl)[C@H](Cc1ccccc1)N1C(=O)[C@@H]2[C@H]3C=C[C@@H]([C@@H]4C[C@@H]34)[C@@H]2C1=O. The molecule has 5 aliphatic rings. The van der Waals surface area contributed by atoms with Crippen molar-refractivity contribution in [2.45, 2.75) is 18.9 Å². The maximum Gasteiger partial charge on any atom is 0.248 e. The van der Waals surface area contributed by atoms with Gasteiger partial charge in [0.1, 0.15) is 6.04 Å². The second-order valence-electron chi connectivity index (χ2n) is 9.52. The third-order valence-electron chi connectivity index (χ3n) is 7.77. The first kappa shape index (κ1) is 20.9. The molecule has 0 radical (unpaired) electrons. The van der Waals surface area contributed by atoms with Crippen LogP contribution in [-0.2, 0) is 20.8 Å². The summed E-state index contributed by atoms with van der Waals surface area (Å²) in [7, 11) is 0. The largest absolute Gasteiger partial charge is 0.323 e. The zero-order valence-corrected chi connectivity index (χ0v) is 19.2. The lowest BCUT2D eigenvalue weighted by molar-refractivity contribution is -0.146. The molecular weight excluding hydrogens is 459 g/mol. The topological polar surface area (TPSA) is 66.5 Å². The number of rotatable bonds is 5. The molecule has 4 aliphatic carbocycles. The Labute approximate surface area is 201 Å². The number of imide groups is 1. The van der Waals surface area contributed by atoms with Crippen molar-refractivity contribution in [2.75, 3.05) is 5.32 Å². The number of carbonyl (C=O) groups excluding carboxylic acids is 3. The van der Waals surface area contributed by atoms with Crippen molar-refractivity contribution in [3.8, 4) is 0 Å². The highest BCUT2D eigenvalue weighted by atomic mass is 35.5. The van der Waals surface area contributed by atoms with Crippen LogP contribution >= 0.6 is 23.2 Å². The second-order valence-corrected chi connectivity index (χ2v) is 10.4. The average Bonchev–Trinajstić information content (AvgIpc) is 3.59. The first-order chi connectivity index (χ1) is 15.9. The molecule has 33 heavy (non-hydrogen) atoms. The molecule has 0 aromatic heterocycles. The molecule has 2 saturated carbocycles. The van der Waals surface area contributed by atoms with Gasteiger partial charge in [0, 0.05) is 11.4 Å². The van der Waals surface area contributed by atoms with Crippen LogP contribution in [-0.4, -0.2) is 28.7 Å².